The second kappa shape index (κ2) is 9.24. The molecule has 0 unspecified atom stereocenters. The lowest BCUT2D eigenvalue weighted by molar-refractivity contribution is 0.0951. The van der Waals surface area contributed by atoms with Gasteiger partial charge in [-0.2, -0.15) is 0 Å². The molecule has 3 rings (SSSR count). The van der Waals surface area contributed by atoms with Crippen molar-refractivity contribution in [2.24, 2.45) is 0 Å². The van der Waals surface area contributed by atoms with Crippen LogP contribution in [0.1, 0.15) is 27.0 Å². The Hall–Kier alpha value is -1.95. The Bertz CT molecular complexity index is 1070. The molecule has 0 atom stereocenters. The molecule has 150 valence electrons. The van der Waals surface area contributed by atoms with Gasteiger partial charge in [-0.25, -0.2) is 8.78 Å². The molecule has 0 heterocycles. The minimum absolute atomic E-state index is 0.257. The fourth-order valence-corrected chi connectivity index (χ4v) is 3.69. The Balaban J connectivity index is 1.90. The predicted octanol–water partition coefficient (Wildman–Crippen LogP) is 7.07. The van der Waals surface area contributed by atoms with Crippen LogP contribution in [-0.2, 0) is 11.9 Å². The van der Waals surface area contributed by atoms with E-state index in [0.29, 0.717) is 32.1 Å². The molecule has 0 saturated heterocycles. The molecule has 3 aromatic rings. The van der Waals surface area contributed by atoms with Crippen molar-refractivity contribution in [3.05, 3.63) is 92.5 Å². The molecular formula is C22H16BrCl2F2NO. The van der Waals surface area contributed by atoms with Crippen LogP contribution < -0.4 is 5.32 Å². The highest BCUT2D eigenvalue weighted by Gasteiger charge is 2.15. The van der Waals surface area contributed by atoms with E-state index in [-0.39, 0.29) is 18.0 Å². The Labute approximate surface area is 186 Å². The first-order valence-corrected chi connectivity index (χ1v) is 10.5. The number of rotatable bonds is 5. The molecule has 0 fully saturated rings. The molecule has 0 spiro atoms. The van der Waals surface area contributed by atoms with Gasteiger partial charge in [0.15, 0.2) is 0 Å². The van der Waals surface area contributed by atoms with E-state index in [1.54, 1.807) is 43.3 Å². The zero-order valence-corrected chi connectivity index (χ0v) is 18.4. The topological polar surface area (TPSA) is 29.1 Å². The van der Waals surface area contributed by atoms with Gasteiger partial charge in [-0.1, -0.05) is 51.3 Å². The molecule has 1 N–H and O–H groups in total. The smallest absolute Gasteiger partial charge is 0.251 e. The zero-order valence-electron chi connectivity index (χ0n) is 15.3. The summed E-state index contributed by atoms with van der Waals surface area (Å²) in [6.07, 6.45) is 0. The minimum atomic E-state index is -0.670. The average Bonchev–Trinajstić information content (AvgIpc) is 2.67. The summed E-state index contributed by atoms with van der Waals surface area (Å²) in [5.41, 5.74) is 3.20. The second-order valence-corrected chi connectivity index (χ2v) is 7.94. The number of carbonyl (C=O) groups excluding carboxylic acids is 1. The highest BCUT2D eigenvalue weighted by Crippen LogP contribution is 2.30. The van der Waals surface area contributed by atoms with Crippen molar-refractivity contribution < 1.29 is 13.6 Å². The van der Waals surface area contributed by atoms with Gasteiger partial charge in [-0.3, -0.25) is 4.79 Å². The standard InChI is InChI=1S/C22H16BrCl2F2NO/c1-12-4-17(26)9-20(27)21(12)15-5-14(10-23)6-16(8-15)22(29)28-11-13-2-3-18(24)19(25)7-13/h2-9H,10-11H2,1H3,(H,28,29). The molecule has 0 aromatic heterocycles. The van der Waals surface area contributed by atoms with Crippen molar-refractivity contribution in [1.82, 2.24) is 5.32 Å². The third-order valence-corrected chi connectivity index (χ3v) is 5.77. The maximum atomic E-state index is 14.4. The van der Waals surface area contributed by atoms with E-state index in [9.17, 15) is 13.6 Å². The summed E-state index contributed by atoms with van der Waals surface area (Å²) in [6, 6.07) is 12.3. The number of halogens is 5. The van der Waals surface area contributed by atoms with Crippen molar-refractivity contribution in [3.63, 3.8) is 0 Å². The van der Waals surface area contributed by atoms with Gasteiger partial charge in [0.05, 0.1) is 10.0 Å². The fraction of sp³-hybridized carbons (Fsp3) is 0.136. The third kappa shape index (κ3) is 5.16. The number of nitrogens with one attached hydrogen (secondary N) is 1. The van der Waals surface area contributed by atoms with Crippen LogP contribution in [0.3, 0.4) is 0 Å². The van der Waals surface area contributed by atoms with E-state index >= 15 is 0 Å². The summed E-state index contributed by atoms with van der Waals surface area (Å²) in [5.74, 6) is -1.63. The van der Waals surface area contributed by atoms with Gasteiger partial charge < -0.3 is 5.32 Å². The Morgan fingerprint density at radius 2 is 1.76 bits per heavy atom. The zero-order chi connectivity index (χ0) is 21.1. The number of hydrogen-bond acceptors (Lipinski definition) is 1. The lowest BCUT2D eigenvalue weighted by Crippen LogP contribution is -2.23. The summed E-state index contributed by atoms with van der Waals surface area (Å²) in [5, 5.41) is 4.15. The second-order valence-electron chi connectivity index (χ2n) is 6.56. The molecule has 2 nitrogen and oxygen atoms in total. The van der Waals surface area contributed by atoms with Crippen LogP contribution in [0.4, 0.5) is 8.78 Å². The van der Waals surface area contributed by atoms with Crippen molar-refractivity contribution in [2.45, 2.75) is 18.8 Å². The molecule has 0 aliphatic heterocycles. The summed E-state index contributed by atoms with van der Waals surface area (Å²) >= 11 is 15.3. The Kier molecular flexibility index (Phi) is 6.93. The SMILES string of the molecule is Cc1cc(F)cc(F)c1-c1cc(CBr)cc(C(=O)NCc2ccc(Cl)c(Cl)c2)c1. The molecule has 0 aliphatic rings. The van der Waals surface area contributed by atoms with E-state index in [0.717, 1.165) is 17.2 Å². The first kappa shape index (κ1) is 21.8. The van der Waals surface area contributed by atoms with Crippen molar-refractivity contribution in [2.75, 3.05) is 0 Å². The summed E-state index contributed by atoms with van der Waals surface area (Å²) in [7, 11) is 0. The average molecular weight is 499 g/mol. The van der Waals surface area contributed by atoms with Crippen molar-refractivity contribution >= 4 is 45.0 Å². The van der Waals surface area contributed by atoms with Gasteiger partial charge >= 0.3 is 0 Å². The van der Waals surface area contributed by atoms with Crippen LogP contribution in [0, 0.1) is 18.6 Å². The summed E-state index contributed by atoms with van der Waals surface area (Å²) in [6.45, 7) is 1.89. The lowest BCUT2D eigenvalue weighted by atomic mass is 9.96. The van der Waals surface area contributed by atoms with Crippen LogP contribution >= 0.6 is 39.1 Å². The molecule has 0 bridgehead atoms. The van der Waals surface area contributed by atoms with E-state index in [1.807, 2.05) is 0 Å². The molecule has 0 radical (unpaired) electrons. The van der Waals surface area contributed by atoms with Crippen molar-refractivity contribution in [3.8, 4) is 11.1 Å². The quantitative estimate of drug-likeness (QED) is 0.374. The third-order valence-electron chi connectivity index (χ3n) is 4.39. The number of alkyl halides is 1. The van der Waals surface area contributed by atoms with E-state index in [1.165, 1.54) is 6.07 Å². The first-order chi connectivity index (χ1) is 13.8. The van der Waals surface area contributed by atoms with Crippen LogP contribution in [-0.4, -0.2) is 5.91 Å². The molecule has 3 aromatic carbocycles. The number of hydrogen-bond donors (Lipinski definition) is 1. The fourth-order valence-electron chi connectivity index (χ4n) is 3.05. The van der Waals surface area contributed by atoms with Crippen molar-refractivity contribution in [1.29, 1.82) is 0 Å². The number of aryl methyl sites for hydroxylation is 1. The maximum absolute atomic E-state index is 14.4. The van der Waals surface area contributed by atoms with Gasteiger partial charge in [0, 0.05) is 29.1 Å². The number of benzene rings is 3. The molecule has 0 aliphatic carbocycles. The van der Waals surface area contributed by atoms with Crippen LogP contribution in [0.5, 0.6) is 0 Å². The lowest BCUT2D eigenvalue weighted by Gasteiger charge is -2.13. The first-order valence-electron chi connectivity index (χ1n) is 8.66. The summed E-state index contributed by atoms with van der Waals surface area (Å²) in [4.78, 5) is 12.7. The van der Waals surface area contributed by atoms with Crippen LogP contribution in [0.2, 0.25) is 10.0 Å². The molecule has 1 amide bonds. The van der Waals surface area contributed by atoms with Crippen LogP contribution in [0.25, 0.3) is 11.1 Å². The van der Waals surface area contributed by atoms with Gasteiger partial charge in [0.25, 0.3) is 5.91 Å². The largest absolute Gasteiger partial charge is 0.348 e. The Morgan fingerprint density at radius 3 is 2.41 bits per heavy atom. The van der Waals surface area contributed by atoms with Crippen LogP contribution in [0.15, 0.2) is 48.5 Å². The van der Waals surface area contributed by atoms with Gasteiger partial charge in [-0.05, 0) is 59.5 Å². The summed E-state index contributed by atoms with van der Waals surface area (Å²) < 4.78 is 27.9. The highest BCUT2D eigenvalue weighted by atomic mass is 79.9. The van der Waals surface area contributed by atoms with E-state index in [2.05, 4.69) is 21.2 Å². The number of amides is 1. The molecule has 29 heavy (non-hydrogen) atoms. The molecule has 0 saturated carbocycles. The van der Waals surface area contributed by atoms with E-state index in [4.69, 9.17) is 23.2 Å². The Morgan fingerprint density at radius 1 is 1.00 bits per heavy atom. The molecule has 7 heteroatoms. The molecular weight excluding hydrogens is 483 g/mol. The van der Waals surface area contributed by atoms with Gasteiger partial charge in [0.2, 0.25) is 0 Å². The number of carbonyl (C=O) groups is 1. The monoisotopic (exact) mass is 497 g/mol. The predicted molar refractivity (Wildman–Crippen MR) is 117 cm³/mol. The maximum Gasteiger partial charge on any atom is 0.251 e. The van der Waals surface area contributed by atoms with E-state index < -0.39 is 11.6 Å². The van der Waals surface area contributed by atoms with Gasteiger partial charge in [-0.15, -0.1) is 0 Å². The normalized spacial score (nSPS) is 10.8. The highest BCUT2D eigenvalue weighted by molar-refractivity contribution is 9.08. The van der Waals surface area contributed by atoms with Gasteiger partial charge in [0.1, 0.15) is 11.6 Å². The minimum Gasteiger partial charge on any atom is -0.348 e.